The third kappa shape index (κ3) is 5.98. The number of imidazole rings is 1. The molecule has 0 radical (unpaired) electrons. The third-order valence-corrected chi connectivity index (χ3v) is 8.23. The normalized spacial score (nSPS) is 18.7. The lowest BCUT2D eigenvalue weighted by Gasteiger charge is -2.40. The summed E-state index contributed by atoms with van der Waals surface area (Å²) in [4.78, 5) is 37.5. The molecule has 1 aromatic carbocycles. The number of nitrogens with two attached hydrogens (primary N) is 1. The summed E-state index contributed by atoms with van der Waals surface area (Å²) < 4.78 is 84.2. The molecule has 0 atom stereocenters. The molecular weight excluding hydrogens is 620 g/mol. The molecule has 0 unspecified atom stereocenters. The molecule has 46 heavy (non-hydrogen) atoms. The fraction of sp³-hybridized carbons (Fsp3) is 0.414. The van der Waals surface area contributed by atoms with Crippen LogP contribution in [-0.2, 0) is 17.5 Å². The molecule has 11 nitrogen and oxygen atoms in total. The van der Waals surface area contributed by atoms with E-state index in [-0.39, 0.29) is 59.4 Å². The largest absolute Gasteiger partial charge is 0.435 e. The minimum absolute atomic E-state index is 0.0300. The smallest absolute Gasteiger partial charge is 0.339 e. The van der Waals surface area contributed by atoms with Gasteiger partial charge in [0.25, 0.3) is 12.3 Å². The molecule has 0 spiro atoms. The van der Waals surface area contributed by atoms with Crippen LogP contribution < -0.4 is 11.1 Å². The Morgan fingerprint density at radius 3 is 2.41 bits per heavy atom. The monoisotopic (exact) mass is 649 g/mol. The van der Waals surface area contributed by atoms with Gasteiger partial charge in [0.15, 0.2) is 17.2 Å². The van der Waals surface area contributed by atoms with Gasteiger partial charge in [-0.3, -0.25) is 18.7 Å². The maximum absolute atomic E-state index is 15.4. The fourth-order valence-electron chi connectivity index (χ4n) is 5.89. The van der Waals surface area contributed by atoms with E-state index in [0.717, 1.165) is 18.5 Å². The molecule has 6 rings (SSSR count). The molecule has 2 fully saturated rings. The predicted molar refractivity (Wildman–Crippen MR) is 153 cm³/mol. The SMILES string of the molecule is Cc1cc(Nc2nccn3c(-c4cn(CC(F)F)nc4C(F)(F)F)cnc23)cc(F)c1C(=O)N1CCN(C(=O)C2CC(N)C2)CC1. The minimum Gasteiger partial charge on any atom is -0.339 e. The molecule has 1 saturated heterocycles. The number of nitrogens with zero attached hydrogens (tertiary/aromatic N) is 7. The van der Waals surface area contributed by atoms with E-state index in [2.05, 4.69) is 20.4 Å². The van der Waals surface area contributed by atoms with Crippen molar-refractivity contribution in [2.75, 3.05) is 31.5 Å². The van der Waals surface area contributed by atoms with Gasteiger partial charge in [0.2, 0.25) is 5.91 Å². The topological polar surface area (TPSA) is 127 Å². The summed E-state index contributed by atoms with van der Waals surface area (Å²) in [6.07, 6.45) is -1.90. The van der Waals surface area contributed by atoms with Gasteiger partial charge in [0, 0.05) is 62.4 Å². The molecule has 2 aliphatic rings. The van der Waals surface area contributed by atoms with Gasteiger partial charge >= 0.3 is 6.18 Å². The van der Waals surface area contributed by atoms with Crippen LogP contribution in [0.3, 0.4) is 0 Å². The summed E-state index contributed by atoms with van der Waals surface area (Å²) in [5, 5.41) is 6.23. The van der Waals surface area contributed by atoms with Crippen molar-refractivity contribution < 1.29 is 35.9 Å². The van der Waals surface area contributed by atoms with E-state index in [1.165, 1.54) is 27.8 Å². The van der Waals surface area contributed by atoms with Gasteiger partial charge in [0.1, 0.15) is 12.4 Å². The van der Waals surface area contributed by atoms with E-state index in [4.69, 9.17) is 5.73 Å². The van der Waals surface area contributed by atoms with Crippen molar-refractivity contribution in [1.82, 2.24) is 33.9 Å². The van der Waals surface area contributed by atoms with E-state index in [1.54, 1.807) is 11.8 Å². The van der Waals surface area contributed by atoms with Crippen LogP contribution in [0.1, 0.15) is 34.5 Å². The lowest BCUT2D eigenvalue weighted by atomic mass is 9.80. The van der Waals surface area contributed by atoms with E-state index in [9.17, 15) is 31.5 Å². The minimum atomic E-state index is -4.93. The highest BCUT2D eigenvalue weighted by Crippen LogP contribution is 2.37. The highest BCUT2D eigenvalue weighted by molar-refractivity contribution is 5.97. The Bertz CT molecular complexity index is 1770. The highest BCUT2D eigenvalue weighted by Gasteiger charge is 2.39. The molecule has 1 saturated carbocycles. The van der Waals surface area contributed by atoms with Gasteiger partial charge in [-0.05, 0) is 37.5 Å². The maximum Gasteiger partial charge on any atom is 0.435 e. The van der Waals surface area contributed by atoms with Gasteiger partial charge in [-0.1, -0.05) is 0 Å². The van der Waals surface area contributed by atoms with Gasteiger partial charge in [0.05, 0.1) is 23.0 Å². The molecule has 0 bridgehead atoms. The number of nitrogens with one attached hydrogen (secondary N) is 1. The second-order valence-corrected chi connectivity index (χ2v) is 11.4. The summed E-state index contributed by atoms with van der Waals surface area (Å²) in [5.74, 6) is -1.30. The first-order chi connectivity index (χ1) is 21.8. The van der Waals surface area contributed by atoms with Gasteiger partial charge in [-0.2, -0.15) is 18.3 Å². The van der Waals surface area contributed by atoms with Crippen molar-refractivity contribution in [3.8, 4) is 11.3 Å². The summed E-state index contributed by atoms with van der Waals surface area (Å²) in [5.41, 5.74) is 4.39. The number of aromatic nitrogens is 5. The zero-order valence-electron chi connectivity index (χ0n) is 24.4. The van der Waals surface area contributed by atoms with Crippen LogP contribution in [0.5, 0.6) is 0 Å². The number of amides is 2. The number of fused-ring (bicyclic) bond motifs is 1. The van der Waals surface area contributed by atoms with Crippen LogP contribution in [0.25, 0.3) is 16.9 Å². The molecule has 3 N–H and O–H groups in total. The molecule has 2 amide bonds. The molecule has 3 aromatic heterocycles. The quantitative estimate of drug-likeness (QED) is 0.289. The van der Waals surface area contributed by atoms with Crippen LogP contribution in [-0.4, -0.2) is 84.4 Å². The average molecular weight is 650 g/mol. The summed E-state index contributed by atoms with van der Waals surface area (Å²) in [7, 11) is 0. The molecule has 17 heteroatoms. The number of benzene rings is 1. The Morgan fingerprint density at radius 2 is 1.78 bits per heavy atom. The van der Waals surface area contributed by atoms with Crippen LogP contribution in [0.2, 0.25) is 0 Å². The molecule has 4 heterocycles. The molecular formula is C29H29F6N9O2. The number of carbonyl (C=O) groups excluding carboxylic acids is 2. The van der Waals surface area contributed by atoms with Gasteiger partial charge < -0.3 is 20.9 Å². The van der Waals surface area contributed by atoms with Crippen LogP contribution in [0, 0.1) is 18.7 Å². The summed E-state index contributed by atoms with van der Waals surface area (Å²) in [6, 6.07) is 2.68. The molecule has 244 valence electrons. The van der Waals surface area contributed by atoms with Crippen LogP contribution in [0.4, 0.5) is 37.8 Å². The highest BCUT2D eigenvalue weighted by atomic mass is 19.4. The molecule has 1 aliphatic heterocycles. The predicted octanol–water partition coefficient (Wildman–Crippen LogP) is 4.09. The van der Waals surface area contributed by atoms with Crippen molar-refractivity contribution in [2.24, 2.45) is 11.7 Å². The maximum atomic E-state index is 15.4. The Labute approximate surface area is 258 Å². The lowest BCUT2D eigenvalue weighted by molar-refractivity contribution is -0.141. The third-order valence-electron chi connectivity index (χ3n) is 8.23. The molecule has 4 aromatic rings. The fourth-order valence-corrected chi connectivity index (χ4v) is 5.89. The number of rotatable bonds is 7. The Morgan fingerprint density at radius 1 is 1.09 bits per heavy atom. The first kappa shape index (κ1) is 31.3. The molecule has 1 aliphatic carbocycles. The average Bonchev–Trinajstić information content (AvgIpc) is 3.59. The standard InChI is InChI=1S/C29H29F6N9O2/c1-15-8-18(11-20(30)23(15)28(46)42-6-4-41(5-7-42)27(45)16-9-17(36)10-16)39-25-26-38-12-21(44(26)3-2-37-25)19-13-43(14-22(31)32)40-24(19)29(33,34)35/h2-3,8,11-13,16-17,22H,4-7,9-10,14,36H2,1H3,(H,37,39). The Kier molecular flexibility index (Phi) is 8.12. The Hall–Kier alpha value is -4.67. The number of alkyl halides is 5. The van der Waals surface area contributed by atoms with E-state index >= 15 is 4.39 Å². The number of halogens is 6. The van der Waals surface area contributed by atoms with E-state index in [0.29, 0.717) is 36.2 Å². The van der Waals surface area contributed by atoms with Crippen molar-refractivity contribution >= 4 is 29.0 Å². The first-order valence-corrected chi connectivity index (χ1v) is 14.5. The van der Waals surface area contributed by atoms with Gasteiger partial charge in [-0.15, -0.1) is 0 Å². The number of carbonyl (C=O) groups is 2. The number of anilines is 2. The van der Waals surface area contributed by atoms with Crippen molar-refractivity contribution in [1.29, 1.82) is 0 Å². The zero-order chi connectivity index (χ0) is 32.9. The van der Waals surface area contributed by atoms with E-state index < -0.39 is 42.1 Å². The number of hydrogen-bond acceptors (Lipinski definition) is 7. The number of piperazine rings is 1. The van der Waals surface area contributed by atoms with Crippen molar-refractivity contribution in [3.05, 3.63) is 59.6 Å². The lowest BCUT2D eigenvalue weighted by Crippen LogP contribution is -2.54. The van der Waals surface area contributed by atoms with Gasteiger partial charge in [-0.25, -0.2) is 23.1 Å². The second-order valence-electron chi connectivity index (χ2n) is 11.4. The summed E-state index contributed by atoms with van der Waals surface area (Å²) >= 11 is 0. The first-order valence-electron chi connectivity index (χ1n) is 14.5. The van der Waals surface area contributed by atoms with Crippen molar-refractivity contribution in [2.45, 2.75) is 45.0 Å². The number of hydrogen-bond donors (Lipinski definition) is 2. The zero-order valence-corrected chi connectivity index (χ0v) is 24.4. The van der Waals surface area contributed by atoms with Crippen LogP contribution in [0.15, 0.2) is 36.9 Å². The van der Waals surface area contributed by atoms with E-state index in [1.807, 2.05) is 0 Å². The Balaban J connectivity index is 1.20. The van der Waals surface area contributed by atoms with Crippen LogP contribution >= 0.6 is 0 Å². The number of aryl methyl sites for hydroxylation is 1. The second kappa shape index (κ2) is 11.9. The summed E-state index contributed by atoms with van der Waals surface area (Å²) in [6.45, 7) is 1.75. The van der Waals surface area contributed by atoms with Crippen molar-refractivity contribution in [3.63, 3.8) is 0 Å².